The van der Waals surface area contributed by atoms with Crippen molar-refractivity contribution in [2.24, 2.45) is 0 Å². The minimum Gasteiger partial charge on any atom is -0.508 e. The van der Waals surface area contributed by atoms with Crippen LogP contribution in [0.15, 0.2) is 54.6 Å². The Kier molecular flexibility index (Phi) is 8.84. The van der Waals surface area contributed by atoms with Crippen LogP contribution in [0, 0.1) is 0 Å². The van der Waals surface area contributed by atoms with Crippen LogP contribution in [0.1, 0.15) is 32.8 Å². The summed E-state index contributed by atoms with van der Waals surface area (Å²) in [5.41, 5.74) is -1.29. The van der Waals surface area contributed by atoms with E-state index in [-0.39, 0.29) is 48.9 Å². The molecule has 10 nitrogen and oxygen atoms in total. The summed E-state index contributed by atoms with van der Waals surface area (Å²) in [6.45, 7) is 0.572. The topological polar surface area (TPSA) is 133 Å². The number of nitrogens with zero attached hydrogens (tertiary/aromatic N) is 4. The lowest BCUT2D eigenvalue weighted by molar-refractivity contribution is -0.137. The number of halogens is 6. The van der Waals surface area contributed by atoms with Gasteiger partial charge in [0.1, 0.15) is 5.75 Å². The molecule has 2 aromatic carbocycles. The molecule has 1 aliphatic heterocycles. The van der Waals surface area contributed by atoms with Crippen molar-refractivity contribution in [1.82, 2.24) is 19.8 Å². The average Bonchev–Trinajstić information content (AvgIpc) is 2.95. The maximum absolute atomic E-state index is 13.6. The zero-order valence-electron chi connectivity index (χ0n) is 22.0. The molecule has 1 aliphatic rings. The summed E-state index contributed by atoms with van der Waals surface area (Å²) in [5, 5.41) is 17.2. The molecule has 0 radical (unpaired) electrons. The Morgan fingerprint density at radius 2 is 1.58 bits per heavy atom. The number of benzene rings is 2. The smallest absolute Gasteiger partial charge is 0.416 e. The summed E-state index contributed by atoms with van der Waals surface area (Å²) in [4.78, 5) is 28.4. The van der Waals surface area contributed by atoms with Gasteiger partial charge in [0.2, 0.25) is 10.0 Å². The fourth-order valence-corrected chi connectivity index (χ4v) is 5.19. The van der Waals surface area contributed by atoms with Gasteiger partial charge in [0.05, 0.1) is 17.7 Å². The molecule has 1 aromatic heterocycles. The van der Waals surface area contributed by atoms with Gasteiger partial charge in [0.15, 0.2) is 11.5 Å². The number of hydrogen-bond donors (Lipinski definition) is 2. The molecule has 1 saturated heterocycles. The molecule has 0 unspecified atom stereocenters. The van der Waals surface area contributed by atoms with Crippen LogP contribution in [-0.2, 0) is 16.2 Å². The van der Waals surface area contributed by atoms with Crippen LogP contribution >= 0.6 is 0 Å². The summed E-state index contributed by atoms with van der Waals surface area (Å²) in [5.74, 6) is -3.15. The number of phenols is 1. The van der Waals surface area contributed by atoms with Crippen LogP contribution < -0.4 is 9.62 Å². The molecule has 17 heteroatoms. The number of nitrogens with one attached hydrogen (secondary N) is 1. The number of anilines is 1. The van der Waals surface area contributed by atoms with Crippen molar-refractivity contribution in [2.45, 2.75) is 18.8 Å². The second-order valence-electron chi connectivity index (χ2n) is 9.52. The largest absolute Gasteiger partial charge is 0.508 e. The van der Waals surface area contributed by atoms with Crippen LogP contribution in [0.5, 0.6) is 5.75 Å². The Morgan fingerprint density at radius 1 is 0.884 bits per heavy atom. The second kappa shape index (κ2) is 12.1. The molecule has 230 valence electrons. The van der Waals surface area contributed by atoms with E-state index in [1.54, 1.807) is 4.90 Å². The number of amides is 2. The Bertz CT molecular complexity index is 1610. The van der Waals surface area contributed by atoms with Crippen molar-refractivity contribution in [3.8, 4) is 16.9 Å². The lowest BCUT2D eigenvalue weighted by Crippen LogP contribution is -2.49. The Hall–Kier alpha value is -4.41. The third kappa shape index (κ3) is 8.33. The van der Waals surface area contributed by atoms with E-state index >= 15 is 0 Å². The number of alkyl halides is 6. The predicted octanol–water partition coefficient (Wildman–Crippen LogP) is 3.84. The maximum atomic E-state index is 13.6. The average molecular weight is 632 g/mol. The van der Waals surface area contributed by atoms with Crippen molar-refractivity contribution in [2.75, 3.05) is 36.8 Å². The highest BCUT2D eigenvalue weighted by molar-refractivity contribution is 7.90. The molecule has 2 amide bonds. The standard InChI is InChI=1S/C26H23F6N5O5S/c27-25(28,29)6-11-43(41,42)35-23(39)21-4-5-22(34-33-21)36-7-9-37(10-8-36)24(40)18-12-17(13-19(14-18)26(30,31)32)16-2-1-3-20(38)15-16/h1-5,12-15,38H,6-11H2,(H,35,39). The monoisotopic (exact) mass is 631 g/mol. The van der Waals surface area contributed by atoms with Gasteiger partial charge in [-0.25, -0.2) is 13.1 Å². The third-order valence-corrected chi connectivity index (χ3v) is 7.60. The van der Waals surface area contributed by atoms with E-state index in [1.807, 2.05) is 0 Å². The number of sulfonamides is 1. The highest BCUT2D eigenvalue weighted by Crippen LogP contribution is 2.34. The zero-order chi connectivity index (χ0) is 31.6. The molecular formula is C26H23F6N5O5S. The fraction of sp³-hybridized carbons (Fsp3) is 0.308. The van der Waals surface area contributed by atoms with Crippen molar-refractivity contribution in [1.29, 1.82) is 0 Å². The van der Waals surface area contributed by atoms with Gasteiger partial charge in [-0.3, -0.25) is 9.59 Å². The molecule has 3 aromatic rings. The van der Waals surface area contributed by atoms with E-state index in [0.717, 1.165) is 18.2 Å². The van der Waals surface area contributed by atoms with Crippen LogP contribution in [-0.4, -0.2) is 78.5 Å². The number of hydrogen-bond acceptors (Lipinski definition) is 8. The molecule has 2 heterocycles. The molecule has 0 bridgehead atoms. The van der Waals surface area contributed by atoms with E-state index in [1.165, 1.54) is 46.0 Å². The molecule has 2 N–H and O–H groups in total. The highest BCUT2D eigenvalue weighted by Gasteiger charge is 2.33. The highest BCUT2D eigenvalue weighted by atomic mass is 32.2. The molecule has 0 atom stereocenters. The quantitative estimate of drug-likeness (QED) is 0.376. The van der Waals surface area contributed by atoms with Crippen LogP contribution in [0.2, 0.25) is 0 Å². The van der Waals surface area contributed by atoms with Crippen molar-refractivity contribution >= 4 is 27.7 Å². The summed E-state index contributed by atoms with van der Waals surface area (Å²) in [6.07, 6.45) is -11.1. The second-order valence-corrected chi connectivity index (χ2v) is 11.4. The number of carbonyl (C=O) groups is 2. The Morgan fingerprint density at radius 3 is 2.16 bits per heavy atom. The number of aromatic hydroxyl groups is 1. The van der Waals surface area contributed by atoms with E-state index in [4.69, 9.17) is 0 Å². The van der Waals surface area contributed by atoms with E-state index < -0.39 is 57.6 Å². The molecule has 4 rings (SSSR count). The fourth-order valence-electron chi connectivity index (χ4n) is 4.20. The van der Waals surface area contributed by atoms with Gasteiger partial charge < -0.3 is 14.9 Å². The lowest BCUT2D eigenvalue weighted by atomic mass is 9.98. The summed E-state index contributed by atoms with van der Waals surface area (Å²) in [7, 11) is -4.57. The molecule has 0 spiro atoms. The number of rotatable bonds is 7. The van der Waals surface area contributed by atoms with E-state index in [9.17, 15) is 49.5 Å². The lowest BCUT2D eigenvalue weighted by Gasteiger charge is -2.35. The molecule has 1 fully saturated rings. The Labute approximate surface area is 241 Å². The van der Waals surface area contributed by atoms with Crippen LogP contribution in [0.3, 0.4) is 0 Å². The number of aromatic nitrogens is 2. The van der Waals surface area contributed by atoms with Gasteiger partial charge in [-0.1, -0.05) is 12.1 Å². The number of carbonyl (C=O) groups excluding carboxylic acids is 2. The minimum absolute atomic E-state index is 0.0951. The summed E-state index contributed by atoms with van der Waals surface area (Å²) >= 11 is 0. The van der Waals surface area contributed by atoms with Gasteiger partial charge in [0, 0.05) is 31.7 Å². The maximum Gasteiger partial charge on any atom is 0.416 e. The van der Waals surface area contributed by atoms with Gasteiger partial charge in [0.25, 0.3) is 11.8 Å². The van der Waals surface area contributed by atoms with Gasteiger partial charge in [-0.2, -0.15) is 26.3 Å². The molecular weight excluding hydrogens is 608 g/mol. The first-order valence-electron chi connectivity index (χ1n) is 12.5. The SMILES string of the molecule is O=C(NS(=O)(=O)CCC(F)(F)F)c1ccc(N2CCN(C(=O)c3cc(-c4cccc(O)c4)cc(C(F)(F)F)c3)CC2)nn1. The number of phenolic OH excluding ortho intramolecular Hbond substituents is 1. The third-order valence-electron chi connectivity index (χ3n) is 6.36. The molecule has 0 aliphatic carbocycles. The zero-order valence-corrected chi connectivity index (χ0v) is 22.8. The van der Waals surface area contributed by atoms with E-state index in [2.05, 4.69) is 10.2 Å². The first kappa shape index (κ1) is 31.5. The van der Waals surface area contributed by atoms with Crippen molar-refractivity contribution < 1.29 is 49.5 Å². The number of piperazine rings is 1. The van der Waals surface area contributed by atoms with Gasteiger partial charge in [-0.15, -0.1) is 10.2 Å². The predicted molar refractivity (Wildman–Crippen MR) is 141 cm³/mol. The van der Waals surface area contributed by atoms with Crippen molar-refractivity contribution in [3.05, 3.63) is 71.4 Å². The van der Waals surface area contributed by atoms with Gasteiger partial charge in [-0.05, 0) is 53.6 Å². The van der Waals surface area contributed by atoms with Crippen LogP contribution in [0.25, 0.3) is 11.1 Å². The first-order valence-corrected chi connectivity index (χ1v) is 14.2. The summed E-state index contributed by atoms with van der Waals surface area (Å²) < 4.78 is 103. The summed E-state index contributed by atoms with van der Waals surface area (Å²) in [6, 6.07) is 11.0. The minimum atomic E-state index is -4.73. The molecule has 0 saturated carbocycles. The Balaban J connectivity index is 1.41. The van der Waals surface area contributed by atoms with E-state index in [0.29, 0.717) is 5.56 Å². The van der Waals surface area contributed by atoms with Crippen LogP contribution in [0.4, 0.5) is 32.2 Å². The first-order chi connectivity index (χ1) is 20.0. The van der Waals surface area contributed by atoms with Crippen molar-refractivity contribution in [3.63, 3.8) is 0 Å². The van der Waals surface area contributed by atoms with Gasteiger partial charge >= 0.3 is 12.4 Å². The molecule has 43 heavy (non-hydrogen) atoms. The normalized spacial score (nSPS) is 14.5.